The van der Waals surface area contributed by atoms with Gasteiger partial charge in [0.05, 0.1) is 17.1 Å². The van der Waals surface area contributed by atoms with Crippen molar-refractivity contribution in [3.8, 4) is 22.4 Å². The molecule has 0 aliphatic carbocycles. The van der Waals surface area contributed by atoms with Gasteiger partial charge in [0.1, 0.15) is 5.69 Å². The SMILES string of the molecule is CCOC(=O)c1n[nH]nc1-c1cc(-c2ccc(C)cc2)ccc1[N+](=O)[O-]. The van der Waals surface area contributed by atoms with Crippen LogP contribution in [0, 0.1) is 17.0 Å². The molecule has 2 aromatic carbocycles. The third-order valence-electron chi connectivity index (χ3n) is 3.85. The highest BCUT2D eigenvalue weighted by atomic mass is 16.6. The van der Waals surface area contributed by atoms with Gasteiger partial charge in [-0.1, -0.05) is 29.8 Å². The number of nitro benzene ring substituents is 1. The van der Waals surface area contributed by atoms with E-state index in [-0.39, 0.29) is 29.2 Å². The molecule has 1 N–H and O–H groups in total. The first-order chi connectivity index (χ1) is 12.5. The summed E-state index contributed by atoms with van der Waals surface area (Å²) in [6.07, 6.45) is 0. The van der Waals surface area contributed by atoms with Crippen molar-refractivity contribution in [3.05, 3.63) is 63.8 Å². The van der Waals surface area contributed by atoms with Crippen LogP contribution in [0.25, 0.3) is 22.4 Å². The van der Waals surface area contributed by atoms with Gasteiger partial charge >= 0.3 is 5.97 Å². The zero-order valence-electron chi connectivity index (χ0n) is 14.2. The molecular formula is C18H16N4O4. The van der Waals surface area contributed by atoms with E-state index in [0.29, 0.717) is 0 Å². The Labute approximate surface area is 149 Å². The Morgan fingerprint density at radius 2 is 1.85 bits per heavy atom. The molecule has 0 saturated carbocycles. The van der Waals surface area contributed by atoms with Crippen LogP contribution >= 0.6 is 0 Å². The van der Waals surface area contributed by atoms with Crippen molar-refractivity contribution < 1.29 is 14.5 Å². The maximum Gasteiger partial charge on any atom is 0.361 e. The third kappa shape index (κ3) is 3.30. The molecule has 0 fully saturated rings. The first kappa shape index (κ1) is 17.3. The largest absolute Gasteiger partial charge is 0.461 e. The number of aryl methyl sites for hydroxylation is 1. The lowest BCUT2D eigenvalue weighted by Crippen LogP contribution is -2.07. The van der Waals surface area contributed by atoms with Gasteiger partial charge in [0.2, 0.25) is 0 Å². The molecule has 0 amide bonds. The Kier molecular flexibility index (Phi) is 4.74. The predicted molar refractivity (Wildman–Crippen MR) is 94.6 cm³/mol. The van der Waals surface area contributed by atoms with Crippen LogP contribution in [0.1, 0.15) is 23.0 Å². The van der Waals surface area contributed by atoms with Crippen LogP contribution in [-0.4, -0.2) is 32.9 Å². The molecule has 8 nitrogen and oxygen atoms in total. The molecule has 1 aromatic heterocycles. The van der Waals surface area contributed by atoms with Crippen LogP contribution in [0.15, 0.2) is 42.5 Å². The summed E-state index contributed by atoms with van der Waals surface area (Å²) in [5.41, 5.74) is 2.80. The van der Waals surface area contributed by atoms with Gasteiger partial charge < -0.3 is 4.74 Å². The number of hydrogen-bond donors (Lipinski definition) is 1. The summed E-state index contributed by atoms with van der Waals surface area (Å²) >= 11 is 0. The number of hydrogen-bond acceptors (Lipinski definition) is 6. The number of nitrogens with one attached hydrogen (secondary N) is 1. The van der Waals surface area contributed by atoms with Crippen molar-refractivity contribution in [3.63, 3.8) is 0 Å². The highest BCUT2D eigenvalue weighted by molar-refractivity contribution is 5.95. The number of carbonyl (C=O) groups is 1. The van der Waals surface area contributed by atoms with Crippen molar-refractivity contribution in [2.45, 2.75) is 13.8 Å². The van der Waals surface area contributed by atoms with Gasteiger partial charge in [-0.05, 0) is 37.1 Å². The van der Waals surface area contributed by atoms with Crippen molar-refractivity contribution in [1.29, 1.82) is 0 Å². The summed E-state index contributed by atoms with van der Waals surface area (Å²) in [6.45, 7) is 3.81. The van der Waals surface area contributed by atoms with Crippen LogP contribution in [-0.2, 0) is 4.74 Å². The number of benzene rings is 2. The van der Waals surface area contributed by atoms with Crippen LogP contribution in [0.4, 0.5) is 5.69 Å². The van der Waals surface area contributed by atoms with Gasteiger partial charge in [-0.2, -0.15) is 10.3 Å². The van der Waals surface area contributed by atoms with Crippen LogP contribution < -0.4 is 0 Å². The van der Waals surface area contributed by atoms with E-state index in [1.165, 1.54) is 6.07 Å². The second-order valence-corrected chi connectivity index (χ2v) is 5.60. The number of ether oxygens (including phenoxy) is 1. The molecule has 132 valence electrons. The summed E-state index contributed by atoms with van der Waals surface area (Å²) in [5, 5.41) is 21.5. The Morgan fingerprint density at radius 3 is 2.50 bits per heavy atom. The van der Waals surface area contributed by atoms with Crippen molar-refractivity contribution in [1.82, 2.24) is 15.4 Å². The number of aromatic nitrogens is 3. The molecule has 0 aliphatic heterocycles. The van der Waals surface area contributed by atoms with E-state index in [9.17, 15) is 14.9 Å². The Hall–Kier alpha value is -3.55. The standard InChI is InChI=1S/C18H16N4O4/c1-3-26-18(23)17-16(19-21-20-17)14-10-13(8-9-15(14)22(24)25)12-6-4-11(2)5-7-12/h4-10H,3H2,1-2H3,(H,19,20,21). The van der Waals surface area contributed by atoms with Crippen molar-refractivity contribution in [2.75, 3.05) is 6.61 Å². The zero-order valence-corrected chi connectivity index (χ0v) is 14.2. The molecular weight excluding hydrogens is 336 g/mol. The molecule has 3 rings (SSSR count). The van der Waals surface area contributed by atoms with Crippen LogP contribution in [0.5, 0.6) is 0 Å². The highest BCUT2D eigenvalue weighted by Crippen LogP contribution is 2.34. The number of nitrogens with zero attached hydrogens (tertiary/aromatic N) is 3. The molecule has 0 spiro atoms. The number of carbonyl (C=O) groups excluding carboxylic acids is 1. The second kappa shape index (κ2) is 7.14. The highest BCUT2D eigenvalue weighted by Gasteiger charge is 2.26. The number of nitro groups is 1. The van der Waals surface area contributed by atoms with E-state index < -0.39 is 10.9 Å². The van der Waals surface area contributed by atoms with Crippen molar-refractivity contribution >= 4 is 11.7 Å². The first-order valence-electron chi connectivity index (χ1n) is 7.95. The molecule has 0 saturated heterocycles. The van der Waals surface area contributed by atoms with E-state index in [1.54, 1.807) is 19.1 Å². The van der Waals surface area contributed by atoms with Gasteiger partial charge in [0.25, 0.3) is 5.69 Å². The molecule has 3 aromatic rings. The van der Waals surface area contributed by atoms with Crippen molar-refractivity contribution in [2.24, 2.45) is 0 Å². The molecule has 0 atom stereocenters. The molecule has 26 heavy (non-hydrogen) atoms. The molecule has 0 radical (unpaired) electrons. The fraction of sp³-hybridized carbons (Fsp3) is 0.167. The summed E-state index contributed by atoms with van der Waals surface area (Å²) < 4.78 is 4.95. The fourth-order valence-corrected chi connectivity index (χ4v) is 2.57. The Morgan fingerprint density at radius 1 is 1.15 bits per heavy atom. The smallest absolute Gasteiger partial charge is 0.361 e. The lowest BCUT2D eigenvalue weighted by Gasteiger charge is -2.07. The van der Waals surface area contributed by atoms with Gasteiger partial charge in [-0.3, -0.25) is 10.1 Å². The van der Waals surface area contributed by atoms with Gasteiger partial charge in [-0.25, -0.2) is 4.79 Å². The third-order valence-corrected chi connectivity index (χ3v) is 3.85. The number of H-pyrrole nitrogens is 1. The minimum atomic E-state index is -0.689. The quantitative estimate of drug-likeness (QED) is 0.427. The molecule has 1 heterocycles. The molecule has 0 unspecified atom stereocenters. The number of esters is 1. The summed E-state index contributed by atoms with van der Waals surface area (Å²) in [5.74, 6) is -0.689. The summed E-state index contributed by atoms with van der Waals surface area (Å²) in [7, 11) is 0. The Bertz CT molecular complexity index is 964. The van der Waals surface area contributed by atoms with E-state index in [1.807, 2.05) is 31.2 Å². The van der Waals surface area contributed by atoms with E-state index in [0.717, 1.165) is 16.7 Å². The van der Waals surface area contributed by atoms with Gasteiger partial charge in [0.15, 0.2) is 5.69 Å². The fourth-order valence-electron chi connectivity index (χ4n) is 2.57. The zero-order chi connectivity index (χ0) is 18.7. The average molecular weight is 352 g/mol. The minimum absolute atomic E-state index is 0.0870. The minimum Gasteiger partial charge on any atom is -0.461 e. The maximum absolute atomic E-state index is 12.1. The lowest BCUT2D eigenvalue weighted by atomic mass is 9.99. The summed E-state index contributed by atoms with van der Waals surface area (Å²) in [4.78, 5) is 23.0. The van der Waals surface area contributed by atoms with Gasteiger partial charge in [-0.15, -0.1) is 5.10 Å². The van der Waals surface area contributed by atoms with Gasteiger partial charge in [0, 0.05) is 6.07 Å². The van der Waals surface area contributed by atoms with Crippen LogP contribution in [0.2, 0.25) is 0 Å². The Balaban J connectivity index is 2.15. The first-order valence-corrected chi connectivity index (χ1v) is 7.95. The predicted octanol–water partition coefficient (Wildman–Crippen LogP) is 3.53. The van der Waals surface area contributed by atoms with Crippen LogP contribution in [0.3, 0.4) is 0 Å². The maximum atomic E-state index is 12.1. The molecule has 0 bridgehead atoms. The number of aromatic amines is 1. The van der Waals surface area contributed by atoms with E-state index in [2.05, 4.69) is 15.4 Å². The number of rotatable bonds is 5. The monoisotopic (exact) mass is 352 g/mol. The normalized spacial score (nSPS) is 10.5. The topological polar surface area (TPSA) is 111 Å². The van der Waals surface area contributed by atoms with E-state index >= 15 is 0 Å². The lowest BCUT2D eigenvalue weighted by molar-refractivity contribution is -0.384. The second-order valence-electron chi connectivity index (χ2n) is 5.60. The van der Waals surface area contributed by atoms with E-state index in [4.69, 9.17) is 4.74 Å². The molecule has 0 aliphatic rings. The molecule has 8 heteroatoms. The average Bonchev–Trinajstić information content (AvgIpc) is 3.11. The summed E-state index contributed by atoms with van der Waals surface area (Å²) in [6, 6.07) is 12.5.